The summed E-state index contributed by atoms with van der Waals surface area (Å²) < 4.78 is 10.6. The normalized spacial score (nSPS) is 16.1. The molecule has 0 aliphatic carbocycles. The van der Waals surface area contributed by atoms with E-state index in [9.17, 15) is 9.59 Å². The van der Waals surface area contributed by atoms with Crippen LogP contribution in [-0.2, 0) is 11.2 Å². The largest absolute Gasteiger partial charge is 0.497 e. The summed E-state index contributed by atoms with van der Waals surface area (Å²) in [7, 11) is 1.57. The molecule has 1 amide bonds. The fourth-order valence-corrected chi connectivity index (χ4v) is 3.49. The molecule has 0 saturated carbocycles. The molecule has 1 aliphatic heterocycles. The van der Waals surface area contributed by atoms with Gasteiger partial charge in [-0.2, -0.15) is 0 Å². The number of amides is 1. The van der Waals surface area contributed by atoms with Gasteiger partial charge in [0.2, 0.25) is 5.91 Å². The van der Waals surface area contributed by atoms with Crippen molar-refractivity contribution in [2.45, 2.75) is 32.6 Å². The lowest BCUT2D eigenvalue weighted by Crippen LogP contribution is -2.27. The van der Waals surface area contributed by atoms with E-state index >= 15 is 0 Å². The molecule has 0 bridgehead atoms. The quantitative estimate of drug-likeness (QED) is 0.705. The van der Waals surface area contributed by atoms with Crippen molar-refractivity contribution in [3.8, 4) is 5.75 Å². The molecular formula is C20H27ClN2O4. The second-order valence-corrected chi connectivity index (χ2v) is 6.85. The summed E-state index contributed by atoms with van der Waals surface area (Å²) in [6, 6.07) is 5.42. The predicted octanol–water partition coefficient (Wildman–Crippen LogP) is 2.58. The minimum Gasteiger partial charge on any atom is -0.497 e. The number of aryl methyl sites for hydroxylation is 1. The van der Waals surface area contributed by atoms with Gasteiger partial charge in [0.05, 0.1) is 7.11 Å². The Balaban J connectivity index is 0.00000261. The molecule has 0 radical (unpaired) electrons. The van der Waals surface area contributed by atoms with Crippen LogP contribution in [0.5, 0.6) is 5.75 Å². The van der Waals surface area contributed by atoms with Crippen molar-refractivity contribution in [2.75, 3.05) is 26.7 Å². The third kappa shape index (κ3) is 5.23. The zero-order chi connectivity index (χ0) is 18.5. The summed E-state index contributed by atoms with van der Waals surface area (Å²) in [6.07, 6.45) is 2.85. The maximum atomic E-state index is 12.3. The second kappa shape index (κ2) is 9.76. The van der Waals surface area contributed by atoms with Gasteiger partial charge in [0.15, 0.2) is 0 Å². The smallest absolute Gasteiger partial charge is 0.339 e. The third-order valence-electron chi connectivity index (χ3n) is 5.13. The van der Waals surface area contributed by atoms with E-state index in [-0.39, 0.29) is 30.4 Å². The van der Waals surface area contributed by atoms with E-state index in [2.05, 4.69) is 10.6 Å². The van der Waals surface area contributed by atoms with E-state index in [1.165, 1.54) is 6.42 Å². The molecule has 3 rings (SSSR count). The Morgan fingerprint density at radius 1 is 1.41 bits per heavy atom. The van der Waals surface area contributed by atoms with Crippen molar-refractivity contribution in [3.05, 3.63) is 39.7 Å². The Hall–Kier alpha value is -2.05. The van der Waals surface area contributed by atoms with Gasteiger partial charge in [0.1, 0.15) is 11.3 Å². The first kappa shape index (κ1) is 21.3. The van der Waals surface area contributed by atoms with Crippen molar-refractivity contribution in [2.24, 2.45) is 5.92 Å². The Morgan fingerprint density at radius 3 is 2.93 bits per heavy atom. The van der Waals surface area contributed by atoms with Crippen LogP contribution >= 0.6 is 12.4 Å². The number of hydrogen-bond acceptors (Lipinski definition) is 5. The molecule has 2 N–H and O–H groups in total. The molecule has 7 heteroatoms. The van der Waals surface area contributed by atoms with Gasteiger partial charge in [0, 0.05) is 30.0 Å². The van der Waals surface area contributed by atoms with Crippen LogP contribution in [-0.4, -0.2) is 32.7 Å². The van der Waals surface area contributed by atoms with Crippen molar-refractivity contribution in [3.63, 3.8) is 0 Å². The molecule has 1 saturated heterocycles. The second-order valence-electron chi connectivity index (χ2n) is 6.85. The molecule has 2 heterocycles. The molecule has 1 atom stereocenters. The topological polar surface area (TPSA) is 80.6 Å². The van der Waals surface area contributed by atoms with Crippen LogP contribution in [0.1, 0.15) is 30.4 Å². The van der Waals surface area contributed by atoms with Gasteiger partial charge in [0.25, 0.3) is 0 Å². The number of benzene rings is 1. The molecule has 1 aliphatic rings. The summed E-state index contributed by atoms with van der Waals surface area (Å²) in [5, 5.41) is 7.15. The first-order valence-electron chi connectivity index (χ1n) is 9.16. The lowest BCUT2D eigenvalue weighted by atomic mass is 10.0. The van der Waals surface area contributed by atoms with E-state index in [0.717, 1.165) is 30.5 Å². The number of rotatable bonds is 7. The van der Waals surface area contributed by atoms with Crippen LogP contribution in [0.2, 0.25) is 0 Å². The van der Waals surface area contributed by atoms with E-state index in [1.54, 1.807) is 13.2 Å². The molecule has 1 aromatic heterocycles. The molecule has 148 valence electrons. The maximum Gasteiger partial charge on any atom is 0.339 e. The Labute approximate surface area is 165 Å². The highest BCUT2D eigenvalue weighted by Gasteiger charge is 2.15. The zero-order valence-electron chi connectivity index (χ0n) is 15.8. The molecule has 0 spiro atoms. The highest BCUT2D eigenvalue weighted by molar-refractivity contribution is 5.85. The van der Waals surface area contributed by atoms with Crippen LogP contribution in [0.25, 0.3) is 11.0 Å². The summed E-state index contributed by atoms with van der Waals surface area (Å²) in [5.74, 6) is 1.27. The molecule has 6 nitrogen and oxygen atoms in total. The minimum atomic E-state index is -0.381. The first-order chi connectivity index (χ1) is 12.6. The lowest BCUT2D eigenvalue weighted by Gasteiger charge is -2.10. The predicted molar refractivity (Wildman–Crippen MR) is 108 cm³/mol. The monoisotopic (exact) mass is 394 g/mol. The van der Waals surface area contributed by atoms with Gasteiger partial charge >= 0.3 is 5.63 Å². The maximum absolute atomic E-state index is 12.3. The fourth-order valence-electron chi connectivity index (χ4n) is 3.49. The highest BCUT2D eigenvalue weighted by atomic mass is 35.5. The van der Waals surface area contributed by atoms with E-state index in [4.69, 9.17) is 9.15 Å². The molecule has 27 heavy (non-hydrogen) atoms. The SMILES string of the molecule is COc1ccc2c(C)c(CCC(=O)NCCC3CCNC3)c(=O)oc2c1.Cl. The van der Waals surface area contributed by atoms with Crippen molar-refractivity contribution in [1.29, 1.82) is 0 Å². The summed E-state index contributed by atoms with van der Waals surface area (Å²) in [5.41, 5.74) is 1.56. The van der Waals surface area contributed by atoms with Crippen LogP contribution < -0.4 is 21.0 Å². The Kier molecular flexibility index (Phi) is 7.68. The molecule has 2 aromatic rings. The van der Waals surface area contributed by atoms with Crippen LogP contribution in [0, 0.1) is 12.8 Å². The van der Waals surface area contributed by atoms with Crippen molar-refractivity contribution >= 4 is 29.3 Å². The number of ether oxygens (including phenoxy) is 1. The zero-order valence-corrected chi connectivity index (χ0v) is 16.6. The molecule has 1 fully saturated rings. The van der Waals surface area contributed by atoms with E-state index < -0.39 is 0 Å². The standard InChI is InChI=1S/C20H26N2O4.ClH/c1-13-16-4-3-15(25-2)11-18(16)26-20(24)17(13)5-6-19(23)22-10-8-14-7-9-21-12-14;/h3-4,11,14,21H,5-10,12H2,1-2H3,(H,22,23);1H. The van der Waals surface area contributed by atoms with Gasteiger partial charge in [-0.3, -0.25) is 4.79 Å². The number of nitrogens with one attached hydrogen (secondary N) is 2. The third-order valence-corrected chi connectivity index (χ3v) is 5.13. The van der Waals surface area contributed by atoms with Gasteiger partial charge in [-0.25, -0.2) is 4.79 Å². The van der Waals surface area contributed by atoms with Crippen LogP contribution in [0.3, 0.4) is 0 Å². The van der Waals surface area contributed by atoms with Crippen LogP contribution in [0.4, 0.5) is 0 Å². The summed E-state index contributed by atoms with van der Waals surface area (Å²) in [6.45, 7) is 4.70. The number of fused-ring (bicyclic) bond motifs is 1. The van der Waals surface area contributed by atoms with Gasteiger partial charge < -0.3 is 19.8 Å². The Morgan fingerprint density at radius 2 is 2.22 bits per heavy atom. The van der Waals surface area contributed by atoms with E-state index in [1.807, 2.05) is 19.1 Å². The Bertz CT molecular complexity index is 844. The number of halogens is 1. The number of methoxy groups -OCH3 is 1. The molecular weight excluding hydrogens is 368 g/mol. The van der Waals surface area contributed by atoms with Crippen LogP contribution in [0.15, 0.2) is 27.4 Å². The summed E-state index contributed by atoms with van der Waals surface area (Å²) >= 11 is 0. The molecule has 1 unspecified atom stereocenters. The minimum absolute atomic E-state index is 0. The van der Waals surface area contributed by atoms with Crippen molar-refractivity contribution < 1.29 is 13.9 Å². The number of carbonyl (C=O) groups excluding carboxylic acids is 1. The number of carbonyl (C=O) groups is 1. The first-order valence-corrected chi connectivity index (χ1v) is 9.16. The van der Waals surface area contributed by atoms with Gasteiger partial charge in [-0.1, -0.05) is 0 Å². The van der Waals surface area contributed by atoms with Gasteiger partial charge in [-0.05, 0) is 62.9 Å². The van der Waals surface area contributed by atoms with E-state index in [0.29, 0.717) is 35.8 Å². The average Bonchev–Trinajstić information content (AvgIpc) is 3.14. The average molecular weight is 395 g/mol. The number of hydrogen-bond donors (Lipinski definition) is 2. The van der Waals surface area contributed by atoms with Gasteiger partial charge in [-0.15, -0.1) is 12.4 Å². The summed E-state index contributed by atoms with van der Waals surface area (Å²) in [4.78, 5) is 24.4. The highest BCUT2D eigenvalue weighted by Crippen LogP contribution is 2.24. The lowest BCUT2D eigenvalue weighted by molar-refractivity contribution is -0.121. The molecule has 1 aromatic carbocycles. The van der Waals surface area contributed by atoms with Crippen molar-refractivity contribution in [1.82, 2.24) is 10.6 Å². The fraction of sp³-hybridized carbons (Fsp3) is 0.500.